The molecule has 0 spiro atoms. The first-order valence-corrected chi connectivity index (χ1v) is 8.11. The Labute approximate surface area is 119 Å². The fourth-order valence-electron chi connectivity index (χ4n) is 2.60. The normalized spacial score (nSPS) is 25.4. The monoisotopic (exact) mass is 287 g/mol. The van der Waals surface area contributed by atoms with Crippen molar-refractivity contribution in [3.8, 4) is 0 Å². The molecule has 4 heteroatoms. The van der Waals surface area contributed by atoms with E-state index in [1.807, 2.05) is 56.3 Å². The summed E-state index contributed by atoms with van der Waals surface area (Å²) in [6.07, 6.45) is 0. The van der Waals surface area contributed by atoms with Gasteiger partial charge in [-0.1, -0.05) is 48.0 Å². The summed E-state index contributed by atoms with van der Waals surface area (Å²) in [5, 5.41) is 0. The highest BCUT2D eigenvalue weighted by Gasteiger charge is 2.53. The van der Waals surface area contributed by atoms with Gasteiger partial charge in [-0.15, -0.1) is 0 Å². The Morgan fingerprint density at radius 2 is 1.55 bits per heavy atom. The summed E-state index contributed by atoms with van der Waals surface area (Å²) in [7, 11) is -3.40. The van der Waals surface area contributed by atoms with E-state index in [1.165, 1.54) is 0 Å². The number of nitrogens with zero attached hydrogens (tertiary/aromatic N) is 1. The van der Waals surface area contributed by atoms with Crippen molar-refractivity contribution in [2.45, 2.75) is 30.8 Å². The van der Waals surface area contributed by atoms with Crippen LogP contribution in [0.3, 0.4) is 0 Å². The van der Waals surface area contributed by atoms with Gasteiger partial charge in [0.1, 0.15) is 0 Å². The van der Waals surface area contributed by atoms with E-state index in [0.29, 0.717) is 4.90 Å². The molecule has 1 aliphatic heterocycles. The van der Waals surface area contributed by atoms with E-state index < -0.39 is 10.0 Å². The molecule has 0 aliphatic carbocycles. The summed E-state index contributed by atoms with van der Waals surface area (Å²) in [6.45, 7) is 3.90. The molecule has 3 atom stereocenters. The first kappa shape index (κ1) is 13.3. The number of aryl methyl sites for hydroxylation is 1. The number of sulfonamides is 1. The van der Waals surface area contributed by atoms with Crippen molar-refractivity contribution in [2.75, 3.05) is 0 Å². The SMILES string of the molecule is Cc1ccc(S(=O)(=O)N2[C@H](C)[C@H]2c2ccccc2)cc1. The molecule has 3 nitrogen and oxygen atoms in total. The van der Waals surface area contributed by atoms with Crippen LogP contribution in [0.25, 0.3) is 0 Å². The molecule has 0 bridgehead atoms. The molecule has 3 rings (SSSR count). The Bertz CT molecular complexity index is 708. The third kappa shape index (κ3) is 2.15. The first-order valence-electron chi connectivity index (χ1n) is 6.67. The van der Waals surface area contributed by atoms with Crippen LogP contribution in [0.2, 0.25) is 0 Å². The predicted molar refractivity (Wildman–Crippen MR) is 78.8 cm³/mol. The summed E-state index contributed by atoms with van der Waals surface area (Å²) in [6, 6.07) is 16.8. The van der Waals surface area contributed by atoms with Crippen molar-refractivity contribution in [3.05, 3.63) is 65.7 Å². The van der Waals surface area contributed by atoms with E-state index in [1.54, 1.807) is 16.4 Å². The highest BCUT2D eigenvalue weighted by molar-refractivity contribution is 7.89. The zero-order chi connectivity index (χ0) is 14.3. The lowest BCUT2D eigenvalue weighted by Gasteiger charge is -2.07. The fourth-order valence-corrected chi connectivity index (χ4v) is 4.42. The van der Waals surface area contributed by atoms with Crippen LogP contribution in [0.5, 0.6) is 0 Å². The molecule has 1 fully saturated rings. The van der Waals surface area contributed by atoms with Crippen molar-refractivity contribution in [2.24, 2.45) is 0 Å². The lowest BCUT2D eigenvalue weighted by atomic mass is 10.1. The molecule has 0 aromatic heterocycles. The Balaban J connectivity index is 1.92. The van der Waals surface area contributed by atoms with Gasteiger partial charge in [-0.2, -0.15) is 4.31 Å². The minimum atomic E-state index is -3.40. The maximum absolute atomic E-state index is 12.6. The van der Waals surface area contributed by atoms with Gasteiger partial charge in [0, 0.05) is 6.04 Å². The van der Waals surface area contributed by atoms with Gasteiger partial charge in [0.25, 0.3) is 0 Å². The maximum atomic E-state index is 12.6. The second kappa shape index (κ2) is 4.72. The van der Waals surface area contributed by atoms with Crippen LogP contribution in [-0.4, -0.2) is 18.8 Å². The number of rotatable bonds is 3. The topological polar surface area (TPSA) is 37.1 Å². The first-order chi connectivity index (χ1) is 9.51. The number of benzene rings is 2. The van der Waals surface area contributed by atoms with Gasteiger partial charge in [-0.05, 0) is 31.5 Å². The molecule has 104 valence electrons. The molecule has 20 heavy (non-hydrogen) atoms. The molecule has 1 heterocycles. The summed E-state index contributed by atoms with van der Waals surface area (Å²) in [5.41, 5.74) is 2.11. The predicted octanol–water partition coefficient (Wildman–Crippen LogP) is 3.13. The number of hydrogen-bond acceptors (Lipinski definition) is 2. The minimum Gasteiger partial charge on any atom is -0.207 e. The molecular formula is C16H17NO2S. The Morgan fingerprint density at radius 1 is 0.950 bits per heavy atom. The average Bonchev–Trinajstić information content (AvgIpc) is 3.13. The van der Waals surface area contributed by atoms with Crippen LogP contribution in [0.4, 0.5) is 0 Å². The quantitative estimate of drug-likeness (QED) is 0.813. The highest BCUT2D eigenvalue weighted by atomic mass is 32.2. The fraction of sp³-hybridized carbons (Fsp3) is 0.250. The van der Waals surface area contributed by atoms with Crippen LogP contribution in [-0.2, 0) is 10.0 Å². The van der Waals surface area contributed by atoms with E-state index in [2.05, 4.69) is 0 Å². The van der Waals surface area contributed by atoms with Crippen molar-refractivity contribution in [1.82, 2.24) is 4.31 Å². The summed E-state index contributed by atoms with van der Waals surface area (Å²) in [5.74, 6) is 0. The second-order valence-corrected chi connectivity index (χ2v) is 7.09. The van der Waals surface area contributed by atoms with Crippen LogP contribution in [0, 0.1) is 6.92 Å². The van der Waals surface area contributed by atoms with Crippen molar-refractivity contribution >= 4 is 10.0 Å². The minimum absolute atomic E-state index is 0.0173. The van der Waals surface area contributed by atoms with Crippen LogP contribution in [0.15, 0.2) is 59.5 Å². The van der Waals surface area contributed by atoms with Gasteiger partial charge in [-0.25, -0.2) is 8.42 Å². The van der Waals surface area contributed by atoms with E-state index in [4.69, 9.17) is 0 Å². The summed E-state index contributed by atoms with van der Waals surface area (Å²) >= 11 is 0. The van der Waals surface area contributed by atoms with Gasteiger partial charge in [0.15, 0.2) is 0 Å². The van der Waals surface area contributed by atoms with Crippen LogP contribution >= 0.6 is 0 Å². The Hall–Kier alpha value is -1.65. The third-order valence-corrected chi connectivity index (χ3v) is 5.76. The summed E-state index contributed by atoms with van der Waals surface area (Å²) in [4.78, 5) is 0.369. The third-order valence-electron chi connectivity index (χ3n) is 3.78. The molecule has 0 N–H and O–H groups in total. The van der Waals surface area contributed by atoms with E-state index in [0.717, 1.165) is 11.1 Å². The molecule has 2 aromatic rings. The number of hydrogen-bond donors (Lipinski definition) is 0. The molecule has 1 unspecified atom stereocenters. The van der Waals surface area contributed by atoms with Crippen LogP contribution in [0.1, 0.15) is 24.1 Å². The van der Waals surface area contributed by atoms with Gasteiger partial charge < -0.3 is 0 Å². The lowest BCUT2D eigenvalue weighted by molar-refractivity contribution is 0.548. The molecule has 1 saturated heterocycles. The maximum Gasteiger partial charge on any atom is 0.243 e. The van der Waals surface area contributed by atoms with Gasteiger partial charge >= 0.3 is 0 Å². The Morgan fingerprint density at radius 3 is 2.15 bits per heavy atom. The smallest absolute Gasteiger partial charge is 0.207 e. The van der Waals surface area contributed by atoms with Crippen molar-refractivity contribution < 1.29 is 8.42 Å². The molecule has 0 saturated carbocycles. The highest BCUT2D eigenvalue weighted by Crippen LogP contribution is 2.47. The van der Waals surface area contributed by atoms with Crippen LogP contribution < -0.4 is 0 Å². The molecule has 0 amide bonds. The van der Waals surface area contributed by atoms with E-state index in [-0.39, 0.29) is 12.1 Å². The van der Waals surface area contributed by atoms with Crippen molar-refractivity contribution in [1.29, 1.82) is 0 Å². The van der Waals surface area contributed by atoms with E-state index >= 15 is 0 Å². The standard InChI is InChI=1S/C16H17NO2S/c1-12-8-10-15(11-9-12)20(18,19)17-13(2)16(17)14-6-4-3-5-7-14/h3-11,13,16H,1-2H3/t13-,16+,17?/m1/s1. The lowest BCUT2D eigenvalue weighted by Crippen LogP contribution is -2.14. The molecule has 2 aromatic carbocycles. The van der Waals surface area contributed by atoms with Gasteiger partial charge in [0.2, 0.25) is 10.0 Å². The Kier molecular flexibility index (Phi) is 3.15. The zero-order valence-electron chi connectivity index (χ0n) is 11.5. The zero-order valence-corrected chi connectivity index (χ0v) is 12.3. The average molecular weight is 287 g/mol. The van der Waals surface area contributed by atoms with E-state index in [9.17, 15) is 8.42 Å². The molecule has 1 aliphatic rings. The second-order valence-electron chi connectivity index (χ2n) is 5.24. The molecular weight excluding hydrogens is 270 g/mol. The summed E-state index contributed by atoms with van der Waals surface area (Å²) < 4.78 is 26.8. The largest absolute Gasteiger partial charge is 0.243 e. The molecule has 0 radical (unpaired) electrons. The van der Waals surface area contributed by atoms with Gasteiger partial charge in [0.05, 0.1) is 10.9 Å². The van der Waals surface area contributed by atoms with Gasteiger partial charge in [-0.3, -0.25) is 0 Å². The van der Waals surface area contributed by atoms with Crippen molar-refractivity contribution in [3.63, 3.8) is 0 Å².